The largest absolute Gasteiger partial charge is 0.496 e. The number of methoxy groups -OCH3 is 1. The van der Waals surface area contributed by atoms with Gasteiger partial charge in [-0.3, -0.25) is 0 Å². The second-order valence-corrected chi connectivity index (χ2v) is 6.70. The van der Waals surface area contributed by atoms with E-state index >= 15 is 0 Å². The molecule has 0 aliphatic heterocycles. The third-order valence-corrected chi connectivity index (χ3v) is 4.20. The molecule has 0 N–H and O–H groups in total. The van der Waals surface area contributed by atoms with Crippen LogP contribution in [0, 0.1) is 0 Å². The molecule has 0 radical (unpaired) electrons. The van der Waals surface area contributed by atoms with Gasteiger partial charge in [-0.05, 0) is 30.3 Å². The Labute approximate surface area is 129 Å². The Balaban J connectivity index is 2.06. The topological polar surface area (TPSA) is 69.7 Å². The molecule has 6 heteroatoms. The molecule has 0 aromatic heterocycles. The summed E-state index contributed by atoms with van der Waals surface area (Å²) in [5.74, 6) is 0.119. The Morgan fingerprint density at radius 1 is 1.05 bits per heavy atom. The molecule has 0 amide bonds. The van der Waals surface area contributed by atoms with Gasteiger partial charge in [0, 0.05) is 11.8 Å². The van der Waals surface area contributed by atoms with Crippen LogP contribution >= 0.6 is 0 Å². The van der Waals surface area contributed by atoms with Gasteiger partial charge >= 0.3 is 5.97 Å². The molecule has 116 valence electrons. The van der Waals surface area contributed by atoms with Gasteiger partial charge in [0.1, 0.15) is 12.4 Å². The van der Waals surface area contributed by atoms with Crippen molar-refractivity contribution in [2.24, 2.45) is 0 Å². The van der Waals surface area contributed by atoms with Crippen molar-refractivity contribution in [3.63, 3.8) is 0 Å². The number of hydrogen-bond acceptors (Lipinski definition) is 5. The van der Waals surface area contributed by atoms with Crippen LogP contribution in [0.1, 0.15) is 15.9 Å². The van der Waals surface area contributed by atoms with Crippen molar-refractivity contribution in [3.05, 3.63) is 59.7 Å². The number of ether oxygens (including phenoxy) is 2. The van der Waals surface area contributed by atoms with Gasteiger partial charge in [-0.1, -0.05) is 18.2 Å². The fourth-order valence-corrected chi connectivity index (χ4v) is 2.52. The van der Waals surface area contributed by atoms with Gasteiger partial charge in [0.25, 0.3) is 0 Å². The highest BCUT2D eigenvalue weighted by Crippen LogP contribution is 2.19. The van der Waals surface area contributed by atoms with Crippen LogP contribution in [-0.4, -0.2) is 27.8 Å². The van der Waals surface area contributed by atoms with Gasteiger partial charge in [-0.2, -0.15) is 0 Å². The predicted octanol–water partition coefficient (Wildman–Crippen LogP) is 2.46. The third kappa shape index (κ3) is 3.85. The summed E-state index contributed by atoms with van der Waals surface area (Å²) in [7, 11) is -1.73. The number of esters is 1. The van der Waals surface area contributed by atoms with Crippen LogP contribution in [0.2, 0.25) is 0 Å². The lowest BCUT2D eigenvalue weighted by Gasteiger charge is -2.09. The fraction of sp³-hybridized carbons (Fsp3) is 0.188. The van der Waals surface area contributed by atoms with Crippen LogP contribution in [0.5, 0.6) is 5.75 Å². The highest BCUT2D eigenvalue weighted by Gasteiger charge is 2.12. The molecule has 0 heterocycles. The van der Waals surface area contributed by atoms with Crippen LogP contribution in [0.15, 0.2) is 53.4 Å². The van der Waals surface area contributed by atoms with E-state index in [1.54, 1.807) is 19.2 Å². The Kier molecular flexibility index (Phi) is 4.82. The maximum absolute atomic E-state index is 12.0. The number of para-hydroxylation sites is 1. The molecule has 0 unspecified atom stereocenters. The van der Waals surface area contributed by atoms with Crippen LogP contribution in [0.25, 0.3) is 0 Å². The van der Waals surface area contributed by atoms with E-state index in [-0.39, 0.29) is 11.5 Å². The number of rotatable bonds is 5. The number of sulfone groups is 1. The van der Waals surface area contributed by atoms with Crippen molar-refractivity contribution >= 4 is 15.8 Å². The summed E-state index contributed by atoms with van der Waals surface area (Å²) < 4.78 is 33.1. The monoisotopic (exact) mass is 320 g/mol. The number of hydrogen-bond donors (Lipinski definition) is 0. The van der Waals surface area contributed by atoms with Gasteiger partial charge in [-0.25, -0.2) is 13.2 Å². The summed E-state index contributed by atoms with van der Waals surface area (Å²) in [6.45, 7) is 0.0800. The minimum atomic E-state index is -3.28. The van der Waals surface area contributed by atoms with Crippen molar-refractivity contribution in [2.45, 2.75) is 11.5 Å². The van der Waals surface area contributed by atoms with Gasteiger partial charge in [-0.15, -0.1) is 0 Å². The maximum Gasteiger partial charge on any atom is 0.338 e. The van der Waals surface area contributed by atoms with E-state index in [9.17, 15) is 13.2 Å². The van der Waals surface area contributed by atoms with E-state index in [1.807, 2.05) is 12.1 Å². The lowest BCUT2D eigenvalue weighted by Crippen LogP contribution is -2.06. The molecule has 2 rings (SSSR count). The Morgan fingerprint density at radius 2 is 1.68 bits per heavy atom. The zero-order valence-electron chi connectivity index (χ0n) is 12.3. The normalized spacial score (nSPS) is 11.0. The zero-order chi connectivity index (χ0) is 16.2. The van der Waals surface area contributed by atoms with E-state index in [0.29, 0.717) is 11.3 Å². The number of benzene rings is 2. The molecule has 2 aromatic carbocycles. The molecule has 2 aromatic rings. The molecule has 5 nitrogen and oxygen atoms in total. The highest BCUT2D eigenvalue weighted by atomic mass is 32.2. The first-order valence-corrected chi connectivity index (χ1v) is 8.40. The summed E-state index contributed by atoms with van der Waals surface area (Å²) in [5, 5.41) is 0. The second kappa shape index (κ2) is 6.62. The van der Waals surface area contributed by atoms with Crippen LogP contribution in [0.3, 0.4) is 0 Å². The molecule has 0 aliphatic rings. The average Bonchev–Trinajstić information content (AvgIpc) is 2.52. The molecule has 0 fully saturated rings. The summed E-state index contributed by atoms with van der Waals surface area (Å²) in [5.41, 5.74) is 1.05. The average molecular weight is 320 g/mol. The third-order valence-electron chi connectivity index (χ3n) is 3.07. The SMILES string of the molecule is COc1ccccc1COC(=O)c1ccc(S(C)(=O)=O)cc1. The first-order valence-electron chi connectivity index (χ1n) is 6.51. The fourth-order valence-electron chi connectivity index (χ4n) is 1.89. The Hall–Kier alpha value is -2.34. The smallest absolute Gasteiger partial charge is 0.338 e. The second-order valence-electron chi connectivity index (χ2n) is 4.68. The molecule has 0 bridgehead atoms. The van der Waals surface area contributed by atoms with Crippen molar-refractivity contribution in [1.29, 1.82) is 0 Å². The minimum Gasteiger partial charge on any atom is -0.496 e. The van der Waals surface area contributed by atoms with Crippen molar-refractivity contribution < 1.29 is 22.7 Å². The molecular formula is C16H16O5S. The molecule has 22 heavy (non-hydrogen) atoms. The van der Waals surface area contributed by atoms with Gasteiger partial charge in [0.15, 0.2) is 9.84 Å². The molecule has 0 aliphatic carbocycles. The molecular weight excluding hydrogens is 304 g/mol. The van der Waals surface area contributed by atoms with Crippen LogP contribution < -0.4 is 4.74 Å². The van der Waals surface area contributed by atoms with Crippen molar-refractivity contribution in [2.75, 3.05) is 13.4 Å². The van der Waals surface area contributed by atoms with Crippen LogP contribution in [-0.2, 0) is 21.2 Å². The summed E-state index contributed by atoms with van der Waals surface area (Å²) >= 11 is 0. The standard InChI is InChI=1S/C16H16O5S/c1-20-15-6-4-3-5-13(15)11-21-16(17)12-7-9-14(10-8-12)22(2,18)19/h3-10H,11H2,1-2H3. The summed E-state index contributed by atoms with van der Waals surface area (Å²) in [6, 6.07) is 12.9. The lowest BCUT2D eigenvalue weighted by atomic mass is 10.2. The van der Waals surface area contributed by atoms with E-state index in [2.05, 4.69) is 0 Å². The highest BCUT2D eigenvalue weighted by molar-refractivity contribution is 7.90. The maximum atomic E-state index is 12.0. The number of carbonyl (C=O) groups is 1. The molecule has 0 spiro atoms. The Bertz CT molecular complexity index is 763. The van der Waals surface area contributed by atoms with E-state index in [0.717, 1.165) is 11.8 Å². The lowest BCUT2D eigenvalue weighted by molar-refractivity contribution is 0.0470. The first kappa shape index (κ1) is 16.0. The van der Waals surface area contributed by atoms with E-state index in [1.165, 1.54) is 24.3 Å². The van der Waals surface area contributed by atoms with Gasteiger partial charge < -0.3 is 9.47 Å². The van der Waals surface area contributed by atoms with E-state index in [4.69, 9.17) is 9.47 Å². The van der Waals surface area contributed by atoms with Crippen molar-refractivity contribution in [3.8, 4) is 5.75 Å². The van der Waals surface area contributed by atoms with E-state index < -0.39 is 15.8 Å². The predicted molar refractivity (Wildman–Crippen MR) is 81.7 cm³/mol. The quantitative estimate of drug-likeness (QED) is 0.792. The summed E-state index contributed by atoms with van der Waals surface area (Å²) in [4.78, 5) is 12.1. The van der Waals surface area contributed by atoms with Crippen molar-refractivity contribution in [1.82, 2.24) is 0 Å². The molecule has 0 saturated heterocycles. The summed E-state index contributed by atoms with van der Waals surface area (Å²) in [6.07, 6.45) is 1.11. The number of carbonyl (C=O) groups excluding carboxylic acids is 1. The van der Waals surface area contributed by atoms with Crippen LogP contribution in [0.4, 0.5) is 0 Å². The van der Waals surface area contributed by atoms with Gasteiger partial charge in [0.05, 0.1) is 17.6 Å². The Morgan fingerprint density at radius 3 is 2.27 bits per heavy atom. The molecule has 0 saturated carbocycles. The first-order chi connectivity index (χ1) is 10.4. The molecule has 0 atom stereocenters. The van der Waals surface area contributed by atoms with Gasteiger partial charge in [0.2, 0.25) is 0 Å². The zero-order valence-corrected chi connectivity index (χ0v) is 13.1. The minimum absolute atomic E-state index is 0.0800.